The minimum Gasteiger partial charge on any atom is -0.352 e. The van der Waals surface area contributed by atoms with Gasteiger partial charge < -0.3 is 15.5 Å². The summed E-state index contributed by atoms with van der Waals surface area (Å²) in [5.41, 5.74) is 1.71. The van der Waals surface area contributed by atoms with Crippen LogP contribution < -0.4 is 10.6 Å². The Labute approximate surface area is 138 Å². The van der Waals surface area contributed by atoms with E-state index in [-0.39, 0.29) is 11.7 Å². The lowest BCUT2D eigenvalue weighted by atomic mass is 10.1. The van der Waals surface area contributed by atoms with Crippen molar-refractivity contribution in [2.45, 2.75) is 32.7 Å². The molecule has 1 aromatic carbocycles. The summed E-state index contributed by atoms with van der Waals surface area (Å²) >= 11 is 0. The highest BCUT2D eigenvalue weighted by Crippen LogP contribution is 2.07. The van der Waals surface area contributed by atoms with Crippen molar-refractivity contribution in [3.63, 3.8) is 0 Å². The minimum atomic E-state index is -0.0527. The van der Waals surface area contributed by atoms with Gasteiger partial charge in [-0.05, 0) is 31.5 Å². The Bertz CT molecular complexity index is 508. The Morgan fingerprint density at radius 2 is 1.78 bits per heavy atom. The lowest BCUT2D eigenvalue weighted by Crippen LogP contribution is -2.37. The number of rotatable bonds is 8. The molecule has 2 rings (SSSR count). The monoisotopic (exact) mass is 317 g/mol. The molecule has 0 aromatic heterocycles. The van der Waals surface area contributed by atoms with Gasteiger partial charge in [0.05, 0.1) is 6.54 Å². The summed E-state index contributed by atoms with van der Waals surface area (Å²) in [4.78, 5) is 25.5. The first-order valence-corrected chi connectivity index (χ1v) is 8.45. The number of hydrogen-bond acceptors (Lipinski definition) is 4. The Morgan fingerprint density at radius 1 is 1.09 bits per heavy atom. The highest BCUT2D eigenvalue weighted by molar-refractivity contribution is 5.97. The molecule has 1 aliphatic rings. The second-order valence-electron chi connectivity index (χ2n) is 6.11. The molecule has 1 fully saturated rings. The molecule has 0 atom stereocenters. The van der Waals surface area contributed by atoms with Gasteiger partial charge in [-0.2, -0.15) is 0 Å². The number of nitrogens with one attached hydrogen (secondary N) is 2. The normalized spacial score (nSPS) is 15.3. The van der Waals surface area contributed by atoms with Crippen LogP contribution in [0.15, 0.2) is 24.3 Å². The quantitative estimate of drug-likeness (QED) is 0.564. The van der Waals surface area contributed by atoms with Gasteiger partial charge in [-0.15, -0.1) is 0 Å². The van der Waals surface area contributed by atoms with Crippen molar-refractivity contribution < 1.29 is 9.59 Å². The predicted octanol–water partition coefficient (Wildman–Crippen LogP) is 1.58. The maximum atomic E-state index is 12.1. The number of hydrogen-bond donors (Lipinski definition) is 2. The Hall–Kier alpha value is -1.72. The molecule has 0 aliphatic carbocycles. The van der Waals surface area contributed by atoms with Crippen LogP contribution in [0, 0.1) is 0 Å². The smallest absolute Gasteiger partial charge is 0.217 e. The van der Waals surface area contributed by atoms with Crippen molar-refractivity contribution in [2.75, 3.05) is 32.7 Å². The van der Waals surface area contributed by atoms with Crippen molar-refractivity contribution >= 4 is 11.7 Å². The number of nitrogens with zero attached hydrogens (tertiary/aromatic N) is 1. The highest BCUT2D eigenvalue weighted by Gasteiger charge is 2.10. The van der Waals surface area contributed by atoms with Crippen molar-refractivity contribution in [3.05, 3.63) is 35.4 Å². The van der Waals surface area contributed by atoms with E-state index in [1.165, 1.54) is 39.3 Å². The van der Waals surface area contributed by atoms with E-state index in [1.54, 1.807) is 0 Å². The molecule has 1 aromatic rings. The van der Waals surface area contributed by atoms with Gasteiger partial charge in [0, 0.05) is 32.1 Å². The zero-order valence-electron chi connectivity index (χ0n) is 13.9. The van der Waals surface area contributed by atoms with Gasteiger partial charge in [-0.25, -0.2) is 0 Å². The van der Waals surface area contributed by atoms with Gasteiger partial charge in [0.15, 0.2) is 5.78 Å². The third-order valence-corrected chi connectivity index (χ3v) is 4.16. The third-order valence-electron chi connectivity index (χ3n) is 4.16. The van der Waals surface area contributed by atoms with Gasteiger partial charge in [0.2, 0.25) is 5.91 Å². The van der Waals surface area contributed by atoms with E-state index >= 15 is 0 Å². The Balaban J connectivity index is 1.67. The van der Waals surface area contributed by atoms with Crippen LogP contribution in [0.2, 0.25) is 0 Å². The molecule has 1 saturated heterocycles. The van der Waals surface area contributed by atoms with E-state index in [4.69, 9.17) is 0 Å². The largest absolute Gasteiger partial charge is 0.352 e. The molecular weight excluding hydrogens is 290 g/mol. The van der Waals surface area contributed by atoms with Crippen molar-refractivity contribution in [3.8, 4) is 0 Å². The molecular formula is C18H27N3O2. The second-order valence-corrected chi connectivity index (χ2v) is 6.11. The van der Waals surface area contributed by atoms with Crippen molar-refractivity contribution in [1.29, 1.82) is 0 Å². The molecule has 0 bridgehead atoms. The first kappa shape index (κ1) is 17.6. The Morgan fingerprint density at radius 3 is 2.43 bits per heavy atom. The molecule has 0 spiro atoms. The molecule has 1 amide bonds. The first-order chi connectivity index (χ1) is 11.1. The predicted molar refractivity (Wildman–Crippen MR) is 91.5 cm³/mol. The van der Waals surface area contributed by atoms with E-state index in [9.17, 15) is 9.59 Å². The molecule has 23 heavy (non-hydrogen) atoms. The zero-order chi connectivity index (χ0) is 16.5. The number of benzene rings is 1. The summed E-state index contributed by atoms with van der Waals surface area (Å²) in [6.07, 6.45) is 3.94. The standard InChI is InChI=1S/C18H27N3O2/c1-15(22)20-13-16-5-7-17(8-6-16)18(23)14-19-9-12-21-10-3-2-4-11-21/h5-8,19H,2-4,9-14H2,1H3,(H,20,22). The lowest BCUT2D eigenvalue weighted by Gasteiger charge is -2.26. The first-order valence-electron chi connectivity index (χ1n) is 8.45. The molecule has 1 heterocycles. The number of ketones is 1. The molecule has 0 unspecified atom stereocenters. The number of piperidine rings is 1. The van der Waals surface area contributed by atoms with Gasteiger partial charge in [0.1, 0.15) is 0 Å². The van der Waals surface area contributed by atoms with Crippen molar-refractivity contribution in [2.24, 2.45) is 0 Å². The summed E-state index contributed by atoms with van der Waals surface area (Å²) in [5.74, 6) is 0.0535. The highest BCUT2D eigenvalue weighted by atomic mass is 16.1. The van der Waals surface area contributed by atoms with E-state index in [0.717, 1.165) is 18.7 Å². The van der Waals surface area contributed by atoms with Gasteiger partial charge in [-0.1, -0.05) is 30.7 Å². The summed E-state index contributed by atoms with van der Waals surface area (Å²) in [7, 11) is 0. The van der Waals surface area contributed by atoms with Crippen LogP contribution in [0.3, 0.4) is 0 Å². The third kappa shape index (κ3) is 6.50. The molecule has 126 valence electrons. The van der Waals surface area contributed by atoms with E-state index in [2.05, 4.69) is 15.5 Å². The fraction of sp³-hybridized carbons (Fsp3) is 0.556. The van der Waals surface area contributed by atoms with Gasteiger partial charge in [0.25, 0.3) is 0 Å². The molecule has 0 saturated carbocycles. The number of likely N-dealkylation sites (tertiary alicyclic amines) is 1. The maximum absolute atomic E-state index is 12.1. The molecule has 5 nitrogen and oxygen atoms in total. The average Bonchev–Trinajstić information content (AvgIpc) is 2.58. The van der Waals surface area contributed by atoms with Crippen LogP contribution in [0.5, 0.6) is 0 Å². The van der Waals surface area contributed by atoms with Gasteiger partial charge in [-0.3, -0.25) is 9.59 Å². The van der Waals surface area contributed by atoms with Crippen LogP contribution in [0.25, 0.3) is 0 Å². The summed E-state index contributed by atoms with van der Waals surface area (Å²) in [6.45, 7) is 6.61. The topological polar surface area (TPSA) is 61.4 Å². The number of amides is 1. The summed E-state index contributed by atoms with van der Waals surface area (Å²) < 4.78 is 0. The van der Waals surface area contributed by atoms with Crippen LogP contribution >= 0.6 is 0 Å². The molecule has 0 radical (unpaired) electrons. The van der Waals surface area contributed by atoms with E-state index < -0.39 is 0 Å². The number of carbonyl (C=O) groups excluding carboxylic acids is 2. The van der Waals surface area contributed by atoms with Crippen LogP contribution in [-0.4, -0.2) is 49.3 Å². The van der Waals surface area contributed by atoms with Crippen LogP contribution in [-0.2, 0) is 11.3 Å². The summed E-state index contributed by atoms with van der Waals surface area (Å²) in [6, 6.07) is 7.42. The Kier molecular flexibility index (Phi) is 7.23. The zero-order valence-corrected chi connectivity index (χ0v) is 13.9. The molecule has 2 N–H and O–H groups in total. The second kappa shape index (κ2) is 9.43. The molecule has 5 heteroatoms. The van der Waals surface area contributed by atoms with Crippen LogP contribution in [0.1, 0.15) is 42.1 Å². The van der Waals surface area contributed by atoms with Crippen molar-refractivity contribution in [1.82, 2.24) is 15.5 Å². The molecule has 1 aliphatic heterocycles. The van der Waals surface area contributed by atoms with E-state index in [1.807, 2.05) is 24.3 Å². The summed E-state index contributed by atoms with van der Waals surface area (Å²) in [5, 5.41) is 5.98. The van der Waals surface area contributed by atoms with E-state index in [0.29, 0.717) is 18.7 Å². The SMILES string of the molecule is CC(=O)NCc1ccc(C(=O)CNCCN2CCCCC2)cc1. The fourth-order valence-electron chi connectivity index (χ4n) is 2.76. The maximum Gasteiger partial charge on any atom is 0.217 e. The lowest BCUT2D eigenvalue weighted by molar-refractivity contribution is -0.119. The average molecular weight is 317 g/mol. The number of Topliss-reactive ketones (excluding diaryl/α,β-unsaturated/α-hetero) is 1. The number of carbonyl (C=O) groups is 2. The van der Waals surface area contributed by atoms with Gasteiger partial charge >= 0.3 is 0 Å². The van der Waals surface area contributed by atoms with Crippen LogP contribution in [0.4, 0.5) is 0 Å². The minimum absolute atomic E-state index is 0.0527. The fourth-order valence-corrected chi connectivity index (χ4v) is 2.76.